The normalized spacial score (nSPS) is 19.3. The number of rotatable bonds is 4. The fraction of sp³-hybridized carbons (Fsp3) is 0.429. The summed E-state index contributed by atoms with van der Waals surface area (Å²) in [5.74, 6) is -0.945. The van der Waals surface area contributed by atoms with Crippen LogP contribution in [0.1, 0.15) is 24.0 Å². The number of aliphatic carboxylic acids is 1. The molecule has 0 aromatic heterocycles. The van der Waals surface area contributed by atoms with Gasteiger partial charge in [-0.05, 0) is 25.3 Å². The standard InChI is InChI=1S/C14H17NO3/c1-10-2-4-11(5-3-10)8-9-15-12(14(17)18)6-7-13(15)16/h2-5,12H,6-9H2,1H3,(H,17,18)/t12-/m1/s1. The van der Waals surface area contributed by atoms with Crippen molar-refractivity contribution in [3.05, 3.63) is 35.4 Å². The largest absolute Gasteiger partial charge is 0.480 e. The van der Waals surface area contributed by atoms with Crippen molar-refractivity contribution < 1.29 is 14.7 Å². The Morgan fingerprint density at radius 2 is 2.06 bits per heavy atom. The predicted octanol–water partition coefficient (Wildman–Crippen LogP) is 1.61. The van der Waals surface area contributed by atoms with Gasteiger partial charge in [-0.3, -0.25) is 4.79 Å². The van der Waals surface area contributed by atoms with Crippen LogP contribution in [0.5, 0.6) is 0 Å². The molecule has 1 N–H and O–H groups in total. The first-order valence-corrected chi connectivity index (χ1v) is 6.16. The van der Waals surface area contributed by atoms with Gasteiger partial charge in [-0.15, -0.1) is 0 Å². The van der Waals surface area contributed by atoms with E-state index in [0.717, 1.165) is 5.56 Å². The van der Waals surface area contributed by atoms with E-state index >= 15 is 0 Å². The molecule has 1 amide bonds. The van der Waals surface area contributed by atoms with Crippen LogP contribution in [0.25, 0.3) is 0 Å². The number of carboxylic acids is 1. The summed E-state index contributed by atoms with van der Waals surface area (Å²) in [4.78, 5) is 24.1. The molecule has 96 valence electrons. The molecule has 1 atom stereocenters. The van der Waals surface area contributed by atoms with Gasteiger partial charge in [0.15, 0.2) is 0 Å². The molecule has 18 heavy (non-hydrogen) atoms. The van der Waals surface area contributed by atoms with Crippen LogP contribution < -0.4 is 0 Å². The molecule has 1 aromatic carbocycles. The summed E-state index contributed by atoms with van der Waals surface area (Å²) in [5.41, 5.74) is 2.32. The average molecular weight is 247 g/mol. The first-order chi connectivity index (χ1) is 8.58. The van der Waals surface area contributed by atoms with E-state index in [2.05, 4.69) is 0 Å². The Morgan fingerprint density at radius 3 is 2.67 bits per heavy atom. The number of nitrogens with zero attached hydrogens (tertiary/aromatic N) is 1. The fourth-order valence-corrected chi connectivity index (χ4v) is 2.28. The Hall–Kier alpha value is -1.84. The molecule has 0 radical (unpaired) electrons. The Kier molecular flexibility index (Phi) is 3.65. The molecule has 4 heteroatoms. The van der Waals surface area contributed by atoms with Gasteiger partial charge in [0.1, 0.15) is 6.04 Å². The molecule has 1 aromatic rings. The van der Waals surface area contributed by atoms with Crippen molar-refractivity contribution in [2.24, 2.45) is 0 Å². The highest BCUT2D eigenvalue weighted by atomic mass is 16.4. The maximum absolute atomic E-state index is 11.6. The van der Waals surface area contributed by atoms with E-state index in [1.807, 2.05) is 31.2 Å². The molecule has 1 heterocycles. The van der Waals surface area contributed by atoms with Crippen LogP contribution >= 0.6 is 0 Å². The van der Waals surface area contributed by atoms with Crippen LogP contribution in [0.15, 0.2) is 24.3 Å². The number of aryl methyl sites for hydroxylation is 1. The van der Waals surface area contributed by atoms with Gasteiger partial charge in [0.05, 0.1) is 0 Å². The molecule has 1 saturated heterocycles. The van der Waals surface area contributed by atoms with Crippen LogP contribution in [-0.2, 0) is 16.0 Å². The SMILES string of the molecule is Cc1ccc(CCN2C(=O)CC[C@@H]2C(=O)O)cc1. The van der Waals surface area contributed by atoms with Gasteiger partial charge in [-0.2, -0.15) is 0 Å². The molecule has 1 aliphatic rings. The lowest BCUT2D eigenvalue weighted by Gasteiger charge is -2.21. The van der Waals surface area contributed by atoms with Crippen LogP contribution in [-0.4, -0.2) is 34.5 Å². The summed E-state index contributed by atoms with van der Waals surface area (Å²) < 4.78 is 0. The fourth-order valence-electron chi connectivity index (χ4n) is 2.28. The van der Waals surface area contributed by atoms with Crippen molar-refractivity contribution in [3.8, 4) is 0 Å². The van der Waals surface area contributed by atoms with Crippen molar-refractivity contribution in [2.75, 3.05) is 6.54 Å². The number of hydrogen-bond donors (Lipinski definition) is 1. The van der Waals surface area contributed by atoms with Gasteiger partial charge in [0, 0.05) is 13.0 Å². The Balaban J connectivity index is 1.98. The maximum Gasteiger partial charge on any atom is 0.326 e. The van der Waals surface area contributed by atoms with Crippen LogP contribution in [0.4, 0.5) is 0 Å². The Labute approximate surface area is 106 Å². The molecule has 0 bridgehead atoms. The minimum absolute atomic E-state index is 0.0467. The minimum Gasteiger partial charge on any atom is -0.480 e. The van der Waals surface area contributed by atoms with E-state index in [0.29, 0.717) is 25.8 Å². The monoisotopic (exact) mass is 247 g/mol. The molecule has 0 unspecified atom stereocenters. The van der Waals surface area contributed by atoms with Gasteiger partial charge in [0.25, 0.3) is 0 Å². The van der Waals surface area contributed by atoms with Gasteiger partial charge in [-0.1, -0.05) is 29.8 Å². The zero-order valence-corrected chi connectivity index (χ0v) is 10.4. The van der Waals surface area contributed by atoms with E-state index in [-0.39, 0.29) is 5.91 Å². The minimum atomic E-state index is -0.898. The Morgan fingerprint density at radius 1 is 1.39 bits per heavy atom. The topological polar surface area (TPSA) is 57.6 Å². The second-order valence-electron chi connectivity index (χ2n) is 4.72. The highest BCUT2D eigenvalue weighted by molar-refractivity contribution is 5.87. The third-order valence-corrected chi connectivity index (χ3v) is 3.38. The third kappa shape index (κ3) is 2.70. The second kappa shape index (κ2) is 5.21. The molecular weight excluding hydrogens is 230 g/mol. The molecule has 1 fully saturated rings. The Bertz CT molecular complexity index is 453. The lowest BCUT2D eigenvalue weighted by atomic mass is 10.1. The predicted molar refractivity (Wildman–Crippen MR) is 67.3 cm³/mol. The average Bonchev–Trinajstić information content (AvgIpc) is 2.70. The van der Waals surface area contributed by atoms with E-state index in [9.17, 15) is 9.59 Å². The van der Waals surface area contributed by atoms with Crippen molar-refractivity contribution in [3.63, 3.8) is 0 Å². The van der Waals surface area contributed by atoms with Gasteiger partial charge >= 0.3 is 5.97 Å². The van der Waals surface area contributed by atoms with E-state index in [4.69, 9.17) is 5.11 Å². The van der Waals surface area contributed by atoms with Crippen LogP contribution in [0, 0.1) is 6.92 Å². The van der Waals surface area contributed by atoms with Crippen molar-refractivity contribution >= 4 is 11.9 Å². The lowest BCUT2D eigenvalue weighted by molar-refractivity contribution is -0.146. The molecular formula is C14H17NO3. The van der Waals surface area contributed by atoms with E-state index in [1.54, 1.807) is 0 Å². The lowest BCUT2D eigenvalue weighted by Crippen LogP contribution is -2.39. The van der Waals surface area contributed by atoms with Crippen LogP contribution in [0.3, 0.4) is 0 Å². The summed E-state index contributed by atoms with van der Waals surface area (Å²) in [7, 11) is 0. The summed E-state index contributed by atoms with van der Waals surface area (Å²) >= 11 is 0. The summed E-state index contributed by atoms with van der Waals surface area (Å²) in [5, 5.41) is 9.04. The molecule has 4 nitrogen and oxygen atoms in total. The van der Waals surface area contributed by atoms with E-state index < -0.39 is 12.0 Å². The van der Waals surface area contributed by atoms with Gasteiger partial charge in [-0.25, -0.2) is 4.79 Å². The number of hydrogen-bond acceptors (Lipinski definition) is 2. The van der Waals surface area contributed by atoms with Crippen molar-refractivity contribution in [1.82, 2.24) is 4.90 Å². The van der Waals surface area contributed by atoms with E-state index in [1.165, 1.54) is 10.5 Å². The number of likely N-dealkylation sites (tertiary alicyclic amines) is 1. The van der Waals surface area contributed by atoms with Gasteiger partial charge in [0.2, 0.25) is 5.91 Å². The highest BCUT2D eigenvalue weighted by Gasteiger charge is 2.35. The number of benzene rings is 1. The highest BCUT2D eigenvalue weighted by Crippen LogP contribution is 2.19. The molecule has 1 aliphatic heterocycles. The third-order valence-electron chi connectivity index (χ3n) is 3.38. The van der Waals surface area contributed by atoms with Gasteiger partial charge < -0.3 is 10.0 Å². The number of carbonyl (C=O) groups is 2. The summed E-state index contributed by atoms with van der Waals surface area (Å²) in [6, 6.07) is 7.45. The summed E-state index contributed by atoms with van der Waals surface area (Å²) in [6.45, 7) is 2.51. The van der Waals surface area contributed by atoms with Crippen molar-refractivity contribution in [1.29, 1.82) is 0 Å². The summed E-state index contributed by atoms with van der Waals surface area (Å²) in [6.07, 6.45) is 1.49. The second-order valence-corrected chi connectivity index (χ2v) is 4.72. The van der Waals surface area contributed by atoms with Crippen LogP contribution in [0.2, 0.25) is 0 Å². The maximum atomic E-state index is 11.6. The number of carboxylic acid groups (broad SMARTS) is 1. The molecule has 0 aliphatic carbocycles. The van der Waals surface area contributed by atoms with Crippen molar-refractivity contribution in [2.45, 2.75) is 32.2 Å². The smallest absolute Gasteiger partial charge is 0.326 e. The first-order valence-electron chi connectivity index (χ1n) is 6.16. The number of carbonyl (C=O) groups excluding carboxylic acids is 1. The first kappa shape index (κ1) is 12.6. The quantitative estimate of drug-likeness (QED) is 0.879. The molecule has 0 saturated carbocycles. The zero-order chi connectivity index (χ0) is 13.1. The number of amides is 1. The molecule has 2 rings (SSSR count). The molecule has 0 spiro atoms. The zero-order valence-electron chi connectivity index (χ0n) is 10.4.